The summed E-state index contributed by atoms with van der Waals surface area (Å²) in [6.45, 7) is 4.03. The number of aromatic nitrogens is 2. The highest BCUT2D eigenvalue weighted by Crippen LogP contribution is 2.47. The monoisotopic (exact) mass is 575 g/mol. The predicted octanol–water partition coefficient (Wildman–Crippen LogP) is 6.59. The van der Waals surface area contributed by atoms with Crippen molar-refractivity contribution in [3.63, 3.8) is 0 Å². The van der Waals surface area contributed by atoms with Gasteiger partial charge in [0.1, 0.15) is 17.1 Å². The van der Waals surface area contributed by atoms with Gasteiger partial charge in [-0.15, -0.1) is 10.2 Å². The van der Waals surface area contributed by atoms with Gasteiger partial charge >= 0.3 is 6.18 Å². The number of benzene rings is 2. The second-order valence-corrected chi connectivity index (χ2v) is 12.0. The second kappa shape index (κ2) is 10.2. The Labute approximate surface area is 228 Å². The van der Waals surface area contributed by atoms with E-state index in [1.165, 1.54) is 43.5 Å². The minimum Gasteiger partial charge on any atom is -0.436 e. The van der Waals surface area contributed by atoms with E-state index < -0.39 is 55.7 Å². The zero-order valence-corrected chi connectivity index (χ0v) is 22.8. The maximum absolute atomic E-state index is 15.5. The molecule has 8 nitrogen and oxygen atoms in total. The first-order valence-corrected chi connectivity index (χ1v) is 14.0. The van der Waals surface area contributed by atoms with Gasteiger partial charge in [-0.3, -0.25) is 4.79 Å². The number of halogens is 4. The normalized spacial score (nSPS) is 15.9. The highest BCUT2D eigenvalue weighted by atomic mass is 32.2. The Kier molecular flexibility index (Phi) is 7.36. The molecule has 0 radical (unpaired) electrons. The van der Waals surface area contributed by atoms with Crippen LogP contribution in [0.15, 0.2) is 35.2 Å². The molecule has 3 aromatic rings. The smallest absolute Gasteiger partial charge is 0.435 e. The average molecular weight is 576 g/mol. The van der Waals surface area contributed by atoms with Crippen molar-refractivity contribution in [2.75, 3.05) is 11.6 Å². The molecule has 1 amide bonds. The number of amides is 1. The molecular weight excluding hydrogens is 550 g/mol. The molecule has 210 valence electrons. The van der Waals surface area contributed by atoms with E-state index in [-0.39, 0.29) is 27.5 Å². The summed E-state index contributed by atoms with van der Waals surface area (Å²) in [4.78, 5) is 13.4. The number of aryl methyl sites for hydroxylation is 1. The van der Waals surface area contributed by atoms with Gasteiger partial charge in [0.15, 0.2) is 5.69 Å². The standard InChI is InChI=1S/C27H25F4N5O3S/c1-14-11-19(26(13-32)9-6-10-26)21(28)16(3)22(14)39-25-20(15(2)23(35-36-25)27(29,30)31)24(37)34-17-7-5-8-18(12-17)40(4,33)38/h5,7-8,11-12,33H,6,9-10H2,1-4H3,(H,34,37). The van der Waals surface area contributed by atoms with Crippen LogP contribution in [0.4, 0.5) is 23.2 Å². The highest BCUT2D eigenvalue weighted by molar-refractivity contribution is 7.91. The Morgan fingerprint density at radius 3 is 2.40 bits per heavy atom. The van der Waals surface area contributed by atoms with Crippen LogP contribution in [0.2, 0.25) is 0 Å². The molecule has 1 aromatic heterocycles. The number of ether oxygens (including phenoxy) is 1. The van der Waals surface area contributed by atoms with Crippen LogP contribution < -0.4 is 10.1 Å². The average Bonchev–Trinajstić information content (AvgIpc) is 2.83. The lowest BCUT2D eigenvalue weighted by atomic mass is 9.65. The minimum atomic E-state index is -4.93. The molecule has 2 aromatic carbocycles. The third kappa shape index (κ3) is 5.23. The summed E-state index contributed by atoms with van der Waals surface area (Å²) in [6, 6.07) is 9.21. The molecule has 1 heterocycles. The number of carbonyl (C=O) groups is 1. The third-order valence-corrected chi connectivity index (χ3v) is 8.14. The summed E-state index contributed by atoms with van der Waals surface area (Å²) in [5.74, 6) is -2.38. The molecule has 40 heavy (non-hydrogen) atoms. The lowest BCUT2D eigenvalue weighted by Gasteiger charge is -2.36. The van der Waals surface area contributed by atoms with E-state index in [1.807, 2.05) is 0 Å². The van der Waals surface area contributed by atoms with E-state index in [0.717, 1.165) is 13.3 Å². The van der Waals surface area contributed by atoms with Crippen LogP contribution >= 0.6 is 0 Å². The molecule has 1 aliphatic rings. The molecule has 1 atom stereocenters. The number of rotatable bonds is 6. The number of nitrogens with one attached hydrogen (secondary N) is 2. The Bertz CT molecular complexity index is 1680. The molecule has 1 saturated carbocycles. The van der Waals surface area contributed by atoms with Gasteiger partial charge in [-0.1, -0.05) is 6.07 Å². The largest absolute Gasteiger partial charge is 0.436 e. The number of carbonyl (C=O) groups excluding carboxylic acids is 1. The van der Waals surface area contributed by atoms with Gasteiger partial charge in [0.2, 0.25) is 0 Å². The number of hydrogen-bond acceptors (Lipinski definition) is 7. The molecular formula is C27H25F4N5O3S. The molecule has 1 unspecified atom stereocenters. The van der Waals surface area contributed by atoms with Crippen molar-refractivity contribution < 1.29 is 31.3 Å². The zero-order valence-electron chi connectivity index (χ0n) is 22.0. The van der Waals surface area contributed by atoms with E-state index in [0.29, 0.717) is 18.4 Å². The predicted molar refractivity (Wildman–Crippen MR) is 138 cm³/mol. The first-order chi connectivity index (χ1) is 18.6. The molecule has 13 heteroatoms. The third-order valence-electron chi connectivity index (χ3n) is 6.98. The Balaban J connectivity index is 1.80. The summed E-state index contributed by atoms with van der Waals surface area (Å²) in [6.07, 6.45) is -1.96. The summed E-state index contributed by atoms with van der Waals surface area (Å²) >= 11 is 0. The first-order valence-electron chi connectivity index (χ1n) is 12.1. The van der Waals surface area contributed by atoms with Gasteiger partial charge in [-0.05, 0) is 75.4 Å². The van der Waals surface area contributed by atoms with Gasteiger partial charge in [-0.25, -0.2) is 13.4 Å². The van der Waals surface area contributed by atoms with E-state index >= 15 is 4.39 Å². The number of alkyl halides is 3. The van der Waals surface area contributed by atoms with Crippen LogP contribution in [0.25, 0.3) is 0 Å². The SMILES string of the molecule is Cc1cc(C2(C#N)CCC2)c(F)c(C)c1Oc1nnc(C(F)(F)F)c(C)c1C(=O)Nc1cccc(S(C)(=N)=O)c1. The van der Waals surface area contributed by atoms with E-state index in [4.69, 9.17) is 9.52 Å². The van der Waals surface area contributed by atoms with Crippen molar-refractivity contribution >= 4 is 21.3 Å². The van der Waals surface area contributed by atoms with Gasteiger partial charge in [0.25, 0.3) is 11.8 Å². The van der Waals surface area contributed by atoms with E-state index in [9.17, 15) is 27.4 Å². The topological polar surface area (TPSA) is 129 Å². The highest BCUT2D eigenvalue weighted by Gasteiger charge is 2.42. The molecule has 1 aliphatic carbocycles. The molecule has 1 fully saturated rings. The quantitative estimate of drug-likeness (QED) is 0.319. The molecule has 2 N–H and O–H groups in total. The molecule has 0 bridgehead atoms. The van der Waals surface area contributed by atoms with Crippen LogP contribution in [-0.4, -0.2) is 26.6 Å². The first kappa shape index (κ1) is 28.9. The fraction of sp³-hybridized carbons (Fsp3) is 0.333. The van der Waals surface area contributed by atoms with Crippen molar-refractivity contribution in [1.82, 2.24) is 10.2 Å². The Hall–Kier alpha value is -4.05. The fourth-order valence-electron chi connectivity index (χ4n) is 4.63. The van der Waals surface area contributed by atoms with Gasteiger partial charge < -0.3 is 10.1 Å². The Morgan fingerprint density at radius 2 is 1.85 bits per heavy atom. The van der Waals surface area contributed by atoms with Gasteiger partial charge in [0.05, 0.1) is 21.2 Å². The van der Waals surface area contributed by atoms with Crippen LogP contribution in [0.1, 0.15) is 57.6 Å². The van der Waals surface area contributed by atoms with Crippen LogP contribution in [0, 0.1) is 42.7 Å². The summed E-state index contributed by atoms with van der Waals surface area (Å²) in [7, 11) is -3.14. The van der Waals surface area contributed by atoms with E-state index in [2.05, 4.69) is 21.6 Å². The van der Waals surface area contributed by atoms with Crippen LogP contribution in [0.5, 0.6) is 11.6 Å². The molecule has 0 spiro atoms. The molecule has 4 rings (SSSR count). The minimum absolute atomic E-state index is 0.00286. The van der Waals surface area contributed by atoms with Crippen molar-refractivity contribution in [3.8, 4) is 17.7 Å². The molecule has 0 saturated heterocycles. The van der Waals surface area contributed by atoms with Crippen molar-refractivity contribution in [2.45, 2.75) is 56.5 Å². The Morgan fingerprint density at radius 1 is 1.18 bits per heavy atom. The lowest BCUT2D eigenvalue weighted by molar-refractivity contribution is -0.142. The summed E-state index contributed by atoms with van der Waals surface area (Å²) in [5.41, 5.74) is -2.84. The van der Waals surface area contributed by atoms with Crippen LogP contribution in [0.3, 0.4) is 0 Å². The van der Waals surface area contributed by atoms with E-state index in [1.54, 1.807) is 6.92 Å². The van der Waals surface area contributed by atoms with Crippen molar-refractivity contribution in [2.24, 2.45) is 0 Å². The van der Waals surface area contributed by atoms with Crippen LogP contribution in [-0.2, 0) is 21.3 Å². The maximum Gasteiger partial charge on any atom is 0.435 e. The van der Waals surface area contributed by atoms with Gasteiger partial charge in [-0.2, -0.15) is 18.4 Å². The van der Waals surface area contributed by atoms with Crippen molar-refractivity contribution in [3.05, 3.63) is 69.7 Å². The summed E-state index contributed by atoms with van der Waals surface area (Å²) in [5, 5.41) is 18.9. The maximum atomic E-state index is 15.5. The number of nitriles is 1. The number of nitrogens with zero attached hydrogens (tertiary/aromatic N) is 3. The molecule has 0 aliphatic heterocycles. The van der Waals surface area contributed by atoms with Gasteiger partial charge in [0, 0.05) is 28.0 Å². The fourth-order valence-corrected chi connectivity index (χ4v) is 5.32. The number of hydrogen-bond donors (Lipinski definition) is 2. The summed E-state index contributed by atoms with van der Waals surface area (Å²) < 4.78 is 82.2. The van der Waals surface area contributed by atoms with Crippen molar-refractivity contribution in [1.29, 1.82) is 10.0 Å². The lowest BCUT2D eigenvalue weighted by Crippen LogP contribution is -2.33. The zero-order chi connectivity index (χ0) is 29.6. The second-order valence-electron chi connectivity index (χ2n) is 9.84. The number of anilines is 1.